The molecular formula is C36H46N6O3. The Bertz CT molecular complexity index is 1590. The zero-order chi connectivity index (χ0) is 31.9. The number of hydrogen-bond acceptors (Lipinski definition) is 6. The SMILES string of the molecule is CCC1=CNc2c(n(-c3ccc(Oc4ccccc4)cc3)c(=O)n2C2CCCC(N(C)C(=O)/C=C/CN(C)C)CCC2)C(=N)C1. The zero-order valence-corrected chi connectivity index (χ0v) is 27.0. The van der Waals surface area contributed by atoms with Gasteiger partial charge in [0.15, 0.2) is 0 Å². The molecule has 2 heterocycles. The van der Waals surface area contributed by atoms with E-state index in [4.69, 9.17) is 10.1 Å². The first-order chi connectivity index (χ1) is 21.8. The van der Waals surface area contributed by atoms with E-state index in [0.29, 0.717) is 35.1 Å². The molecule has 1 amide bonds. The van der Waals surface area contributed by atoms with Crippen molar-refractivity contribution < 1.29 is 9.53 Å². The average Bonchev–Trinajstić information content (AvgIpc) is 3.20. The van der Waals surface area contributed by atoms with Gasteiger partial charge in [-0.1, -0.05) is 31.2 Å². The van der Waals surface area contributed by atoms with Gasteiger partial charge in [0, 0.05) is 44.4 Å². The van der Waals surface area contributed by atoms with E-state index in [1.807, 2.05) is 102 Å². The first-order valence-corrected chi connectivity index (χ1v) is 16.1. The summed E-state index contributed by atoms with van der Waals surface area (Å²) >= 11 is 0. The topological polar surface area (TPSA) is 95.6 Å². The molecule has 238 valence electrons. The van der Waals surface area contributed by atoms with Crippen LogP contribution in [0.3, 0.4) is 0 Å². The van der Waals surface area contributed by atoms with Crippen LogP contribution in [-0.2, 0) is 4.79 Å². The van der Waals surface area contributed by atoms with Crippen molar-refractivity contribution in [3.8, 4) is 17.2 Å². The highest BCUT2D eigenvalue weighted by Crippen LogP contribution is 2.34. The normalized spacial score (nSPS) is 18.9. The van der Waals surface area contributed by atoms with E-state index in [-0.39, 0.29) is 23.7 Å². The summed E-state index contributed by atoms with van der Waals surface area (Å²) < 4.78 is 9.58. The third-order valence-electron chi connectivity index (χ3n) is 8.86. The maximum atomic E-state index is 14.3. The molecule has 1 aromatic heterocycles. The molecule has 45 heavy (non-hydrogen) atoms. The molecular weight excluding hydrogens is 564 g/mol. The molecule has 9 nitrogen and oxygen atoms in total. The van der Waals surface area contributed by atoms with Crippen LogP contribution in [0, 0.1) is 5.41 Å². The van der Waals surface area contributed by atoms with Crippen LogP contribution in [0.1, 0.15) is 70.0 Å². The summed E-state index contributed by atoms with van der Waals surface area (Å²) in [6.07, 6.45) is 12.1. The highest BCUT2D eigenvalue weighted by molar-refractivity contribution is 6.03. The third-order valence-corrected chi connectivity index (χ3v) is 8.86. The fourth-order valence-electron chi connectivity index (χ4n) is 6.33. The maximum absolute atomic E-state index is 14.3. The van der Waals surface area contributed by atoms with Gasteiger partial charge < -0.3 is 25.3 Å². The lowest BCUT2D eigenvalue weighted by atomic mass is 9.92. The number of aromatic nitrogens is 2. The molecule has 5 rings (SSSR count). The third kappa shape index (κ3) is 7.48. The lowest BCUT2D eigenvalue weighted by Crippen LogP contribution is -2.37. The van der Waals surface area contributed by atoms with Gasteiger partial charge in [0.05, 0.1) is 11.4 Å². The lowest BCUT2D eigenvalue weighted by molar-refractivity contribution is -0.127. The largest absolute Gasteiger partial charge is 0.457 e. The second-order valence-electron chi connectivity index (χ2n) is 12.3. The Morgan fingerprint density at radius 3 is 2.31 bits per heavy atom. The predicted molar refractivity (Wildman–Crippen MR) is 181 cm³/mol. The van der Waals surface area contributed by atoms with Crippen molar-refractivity contribution in [3.63, 3.8) is 0 Å². The van der Waals surface area contributed by atoms with E-state index in [1.54, 1.807) is 10.6 Å². The molecule has 1 saturated carbocycles. The van der Waals surface area contributed by atoms with Gasteiger partial charge in [-0.15, -0.1) is 0 Å². The number of hydrogen-bond donors (Lipinski definition) is 2. The van der Waals surface area contributed by atoms with E-state index in [9.17, 15) is 9.59 Å². The minimum absolute atomic E-state index is 0.00740. The van der Waals surface area contributed by atoms with Crippen molar-refractivity contribution in [2.24, 2.45) is 0 Å². The number of allylic oxidation sites excluding steroid dienone is 1. The van der Waals surface area contributed by atoms with Gasteiger partial charge in [0.25, 0.3) is 0 Å². The summed E-state index contributed by atoms with van der Waals surface area (Å²) in [6, 6.07) is 17.3. The summed E-state index contributed by atoms with van der Waals surface area (Å²) in [7, 11) is 5.87. The van der Waals surface area contributed by atoms with Gasteiger partial charge in [0.1, 0.15) is 23.0 Å². The Hall–Kier alpha value is -4.37. The van der Waals surface area contributed by atoms with Crippen molar-refractivity contribution in [2.75, 3.05) is 33.0 Å². The predicted octanol–water partition coefficient (Wildman–Crippen LogP) is 6.75. The number of carbonyl (C=O) groups is 1. The molecule has 0 unspecified atom stereocenters. The van der Waals surface area contributed by atoms with Crippen LogP contribution < -0.4 is 15.7 Å². The molecule has 0 atom stereocenters. The summed E-state index contributed by atoms with van der Waals surface area (Å²) in [4.78, 5) is 31.0. The van der Waals surface area contributed by atoms with Crippen molar-refractivity contribution in [1.29, 1.82) is 5.41 Å². The second-order valence-corrected chi connectivity index (χ2v) is 12.3. The lowest BCUT2D eigenvalue weighted by Gasteiger charge is -2.31. The number of likely N-dealkylation sites (N-methyl/N-ethyl adjacent to an activating group) is 2. The molecule has 2 N–H and O–H groups in total. The number of amides is 1. The van der Waals surface area contributed by atoms with Gasteiger partial charge >= 0.3 is 5.69 Å². The number of para-hydroxylation sites is 1. The van der Waals surface area contributed by atoms with Crippen molar-refractivity contribution in [1.82, 2.24) is 18.9 Å². The molecule has 1 aliphatic carbocycles. The van der Waals surface area contributed by atoms with E-state index < -0.39 is 0 Å². The van der Waals surface area contributed by atoms with E-state index in [1.165, 1.54) is 0 Å². The summed E-state index contributed by atoms with van der Waals surface area (Å²) in [5, 5.41) is 12.5. The fraction of sp³-hybridized carbons (Fsp3) is 0.417. The standard InChI is InChI=1S/C36H46N6O3/c1-5-26-24-32(37)34-35(38-25-26)42(28-14-9-12-27(13-10-15-28)40(4)33(43)18-11-23-39(2)3)36(44)41(34)29-19-21-31(22-20-29)45-30-16-7-6-8-17-30/h6-8,11,16-22,25,27-28,37-38H,5,9-10,12-15,23-24H2,1-4H3/b18-11+,37-32?. The second kappa shape index (κ2) is 14.6. The molecule has 0 spiro atoms. The van der Waals surface area contributed by atoms with E-state index in [2.05, 4.69) is 12.2 Å². The number of imidazole rings is 1. The van der Waals surface area contributed by atoms with Crippen LogP contribution in [0.2, 0.25) is 0 Å². The molecule has 0 radical (unpaired) electrons. The molecule has 2 aliphatic rings. The fourth-order valence-corrected chi connectivity index (χ4v) is 6.33. The number of ether oxygens (including phenoxy) is 1. The number of nitrogens with zero attached hydrogens (tertiary/aromatic N) is 4. The number of fused-ring (bicyclic) bond motifs is 1. The van der Waals surface area contributed by atoms with Crippen molar-refractivity contribution >= 4 is 17.4 Å². The quantitative estimate of drug-likeness (QED) is 0.262. The minimum Gasteiger partial charge on any atom is -0.457 e. The first-order valence-electron chi connectivity index (χ1n) is 16.1. The van der Waals surface area contributed by atoms with Crippen molar-refractivity contribution in [3.05, 3.63) is 94.7 Å². The molecule has 1 fully saturated rings. The van der Waals surface area contributed by atoms with E-state index in [0.717, 1.165) is 62.8 Å². The Morgan fingerprint density at radius 2 is 1.67 bits per heavy atom. The Balaban J connectivity index is 1.40. The number of nitrogens with one attached hydrogen (secondary N) is 2. The number of anilines is 1. The summed E-state index contributed by atoms with van der Waals surface area (Å²) in [5.41, 5.74) is 2.74. The Morgan fingerprint density at radius 1 is 1.00 bits per heavy atom. The van der Waals surface area contributed by atoms with Gasteiger partial charge in [-0.25, -0.2) is 4.79 Å². The summed E-state index contributed by atoms with van der Waals surface area (Å²) in [6.45, 7) is 2.82. The smallest absolute Gasteiger partial charge is 0.335 e. The summed E-state index contributed by atoms with van der Waals surface area (Å²) in [5.74, 6) is 2.16. The molecule has 0 bridgehead atoms. The van der Waals surface area contributed by atoms with Crippen LogP contribution in [0.4, 0.5) is 5.82 Å². The van der Waals surface area contributed by atoms with Crippen LogP contribution >= 0.6 is 0 Å². The monoisotopic (exact) mass is 610 g/mol. The average molecular weight is 611 g/mol. The van der Waals surface area contributed by atoms with Crippen LogP contribution in [0.25, 0.3) is 5.69 Å². The van der Waals surface area contributed by atoms with Crippen LogP contribution in [-0.4, -0.2) is 64.3 Å². The molecule has 0 saturated heterocycles. The molecule has 9 heteroatoms. The Kier molecular flexibility index (Phi) is 10.4. The van der Waals surface area contributed by atoms with Gasteiger partial charge in [0.2, 0.25) is 5.91 Å². The number of rotatable bonds is 9. The number of benzene rings is 2. The van der Waals surface area contributed by atoms with Gasteiger partial charge in [-0.2, -0.15) is 0 Å². The van der Waals surface area contributed by atoms with E-state index >= 15 is 0 Å². The highest BCUT2D eigenvalue weighted by atomic mass is 16.5. The van der Waals surface area contributed by atoms with Crippen LogP contribution in [0.5, 0.6) is 11.5 Å². The first kappa shape index (κ1) is 32.0. The van der Waals surface area contributed by atoms with Crippen molar-refractivity contribution in [2.45, 2.75) is 70.4 Å². The van der Waals surface area contributed by atoms with Crippen LogP contribution in [0.15, 0.2) is 83.3 Å². The Labute approximate surface area is 266 Å². The molecule has 3 aromatic rings. The number of carbonyl (C=O) groups excluding carboxylic acids is 1. The maximum Gasteiger partial charge on any atom is 0.335 e. The molecule has 1 aliphatic heterocycles. The zero-order valence-electron chi connectivity index (χ0n) is 27.0. The molecule has 2 aromatic carbocycles. The minimum atomic E-state index is -0.136. The van der Waals surface area contributed by atoms with Gasteiger partial charge in [-0.05, 0) is 101 Å². The highest BCUT2D eigenvalue weighted by Gasteiger charge is 2.31. The van der Waals surface area contributed by atoms with Gasteiger partial charge in [-0.3, -0.25) is 13.9 Å².